The van der Waals surface area contributed by atoms with Crippen LogP contribution >= 0.6 is 11.6 Å². The summed E-state index contributed by atoms with van der Waals surface area (Å²) in [5.41, 5.74) is 2.95. The highest BCUT2D eigenvalue weighted by molar-refractivity contribution is 6.34. The number of carbonyl (C=O) groups excluding carboxylic acids is 1. The lowest BCUT2D eigenvalue weighted by atomic mass is 9.93. The van der Waals surface area contributed by atoms with Gasteiger partial charge in [0.25, 0.3) is 0 Å². The molecule has 1 aromatic carbocycles. The summed E-state index contributed by atoms with van der Waals surface area (Å²) in [6, 6.07) is 1.61. The number of phenolic OH excluding ortho intramolecular Hbond substituents is 1. The van der Waals surface area contributed by atoms with E-state index in [0.29, 0.717) is 5.56 Å². The van der Waals surface area contributed by atoms with Gasteiger partial charge < -0.3 is 5.11 Å². The summed E-state index contributed by atoms with van der Waals surface area (Å²) < 4.78 is 0. The van der Waals surface area contributed by atoms with Crippen LogP contribution in [0.1, 0.15) is 34.0 Å². The zero-order valence-corrected chi connectivity index (χ0v) is 10.1. The van der Waals surface area contributed by atoms with E-state index in [9.17, 15) is 9.90 Å². The van der Waals surface area contributed by atoms with E-state index >= 15 is 0 Å². The molecular formula is C12H15ClO2. The van der Waals surface area contributed by atoms with Gasteiger partial charge in [0.2, 0.25) is 0 Å². The number of phenols is 1. The lowest BCUT2D eigenvalue weighted by Gasteiger charge is -2.13. The molecule has 3 heteroatoms. The third kappa shape index (κ3) is 2.15. The fourth-order valence-corrected chi connectivity index (χ4v) is 1.75. The molecule has 0 radical (unpaired) electrons. The Kier molecular flexibility index (Phi) is 3.40. The maximum Gasteiger partial charge on any atom is 0.180 e. The fraction of sp³-hybridized carbons (Fsp3) is 0.417. The van der Waals surface area contributed by atoms with E-state index in [1.165, 1.54) is 0 Å². The van der Waals surface area contributed by atoms with Gasteiger partial charge in [-0.2, -0.15) is 0 Å². The first kappa shape index (κ1) is 12.1. The van der Waals surface area contributed by atoms with Crippen molar-refractivity contribution in [2.75, 3.05) is 0 Å². The van der Waals surface area contributed by atoms with Crippen LogP contribution < -0.4 is 0 Å². The molecule has 2 nitrogen and oxygen atoms in total. The van der Waals surface area contributed by atoms with Crippen LogP contribution in [0.2, 0.25) is 0 Å². The Hall–Kier alpha value is -1.02. The van der Waals surface area contributed by atoms with Gasteiger partial charge >= 0.3 is 0 Å². The number of Topliss-reactive ketones (excluding diaryl/α,β-unsaturated/α-hetero) is 1. The lowest BCUT2D eigenvalue weighted by Crippen LogP contribution is -2.14. The van der Waals surface area contributed by atoms with Crippen molar-refractivity contribution < 1.29 is 9.90 Å². The number of benzene rings is 1. The molecule has 0 heterocycles. The Morgan fingerprint density at radius 3 is 2.33 bits per heavy atom. The quantitative estimate of drug-likeness (QED) is 0.622. The maximum absolute atomic E-state index is 11.8. The van der Waals surface area contributed by atoms with Gasteiger partial charge in [-0.3, -0.25) is 4.79 Å². The van der Waals surface area contributed by atoms with Crippen molar-refractivity contribution in [1.29, 1.82) is 0 Å². The van der Waals surface area contributed by atoms with E-state index in [0.717, 1.165) is 16.7 Å². The monoisotopic (exact) mass is 226 g/mol. The summed E-state index contributed by atoms with van der Waals surface area (Å²) in [5.74, 6) is 0.138. The maximum atomic E-state index is 11.8. The van der Waals surface area contributed by atoms with Gasteiger partial charge in [-0.05, 0) is 50.5 Å². The second-order valence-corrected chi connectivity index (χ2v) is 4.47. The number of ketones is 1. The molecule has 0 amide bonds. The van der Waals surface area contributed by atoms with E-state index in [1.807, 2.05) is 6.92 Å². The minimum Gasteiger partial charge on any atom is -0.508 e. The second kappa shape index (κ2) is 4.23. The molecule has 82 valence electrons. The molecule has 0 bridgehead atoms. The van der Waals surface area contributed by atoms with Crippen molar-refractivity contribution in [3.63, 3.8) is 0 Å². The molecule has 1 rings (SSSR count). The Morgan fingerprint density at radius 1 is 1.33 bits per heavy atom. The fourth-order valence-electron chi connectivity index (χ4n) is 1.64. The molecule has 0 aliphatic heterocycles. The van der Waals surface area contributed by atoms with Crippen molar-refractivity contribution in [3.05, 3.63) is 28.3 Å². The van der Waals surface area contributed by atoms with E-state index in [1.54, 1.807) is 26.8 Å². The minimum absolute atomic E-state index is 0.0882. The van der Waals surface area contributed by atoms with Crippen molar-refractivity contribution in [2.24, 2.45) is 0 Å². The van der Waals surface area contributed by atoms with Gasteiger partial charge in [-0.1, -0.05) is 0 Å². The van der Waals surface area contributed by atoms with Gasteiger partial charge in [0, 0.05) is 5.56 Å². The van der Waals surface area contributed by atoms with Gasteiger partial charge in [0.15, 0.2) is 5.78 Å². The summed E-state index contributed by atoms with van der Waals surface area (Å²) in [5, 5.41) is 9.05. The summed E-state index contributed by atoms with van der Waals surface area (Å²) in [4.78, 5) is 11.8. The predicted molar refractivity (Wildman–Crippen MR) is 62.0 cm³/mol. The molecule has 15 heavy (non-hydrogen) atoms. The molecule has 1 unspecified atom stereocenters. The first-order chi connectivity index (χ1) is 6.86. The van der Waals surface area contributed by atoms with E-state index in [2.05, 4.69) is 0 Å². The first-order valence-corrected chi connectivity index (χ1v) is 5.28. The Morgan fingerprint density at radius 2 is 1.87 bits per heavy atom. The van der Waals surface area contributed by atoms with Crippen LogP contribution in [0.15, 0.2) is 6.07 Å². The number of aromatic hydroxyl groups is 1. The highest BCUT2D eigenvalue weighted by Gasteiger charge is 2.19. The number of carbonyl (C=O) groups is 1. The average Bonchev–Trinajstić information content (AvgIpc) is 2.14. The van der Waals surface area contributed by atoms with E-state index < -0.39 is 5.38 Å². The minimum atomic E-state index is -0.536. The van der Waals surface area contributed by atoms with Crippen molar-refractivity contribution in [3.8, 4) is 5.75 Å². The number of alkyl halides is 1. The molecule has 0 aliphatic rings. The van der Waals surface area contributed by atoms with Crippen LogP contribution in [0.25, 0.3) is 0 Å². The van der Waals surface area contributed by atoms with Gasteiger partial charge in [-0.25, -0.2) is 0 Å². The second-order valence-electron chi connectivity index (χ2n) is 3.82. The van der Waals surface area contributed by atoms with Crippen LogP contribution in [0.5, 0.6) is 5.75 Å². The largest absolute Gasteiger partial charge is 0.508 e. The van der Waals surface area contributed by atoms with Crippen molar-refractivity contribution >= 4 is 17.4 Å². The average molecular weight is 227 g/mol. The summed E-state index contributed by atoms with van der Waals surface area (Å²) in [7, 11) is 0. The highest BCUT2D eigenvalue weighted by atomic mass is 35.5. The number of hydrogen-bond donors (Lipinski definition) is 1. The third-order valence-electron chi connectivity index (χ3n) is 2.68. The SMILES string of the molecule is Cc1cc(O)c(C)c(C)c1C(=O)C(C)Cl. The van der Waals surface area contributed by atoms with Crippen molar-refractivity contribution in [1.82, 2.24) is 0 Å². The van der Waals surface area contributed by atoms with Crippen LogP contribution in [-0.4, -0.2) is 16.3 Å². The number of halogens is 1. The molecule has 0 spiro atoms. The number of hydrogen-bond acceptors (Lipinski definition) is 2. The third-order valence-corrected chi connectivity index (χ3v) is 2.88. The van der Waals surface area contributed by atoms with Gasteiger partial charge in [-0.15, -0.1) is 11.6 Å². The highest BCUT2D eigenvalue weighted by Crippen LogP contribution is 2.27. The Bertz CT molecular complexity index is 409. The molecular weight excluding hydrogens is 212 g/mol. The predicted octanol–water partition coefficient (Wildman–Crippen LogP) is 3.13. The van der Waals surface area contributed by atoms with Gasteiger partial charge in [0.05, 0.1) is 5.38 Å². The molecule has 1 N–H and O–H groups in total. The number of aryl methyl sites for hydroxylation is 1. The molecule has 0 fully saturated rings. The Labute approximate surface area is 94.9 Å². The van der Waals surface area contributed by atoms with Crippen LogP contribution in [0.3, 0.4) is 0 Å². The summed E-state index contributed by atoms with van der Waals surface area (Å²) >= 11 is 5.79. The standard InChI is InChI=1S/C12H15ClO2/c1-6-5-10(14)7(2)8(3)11(6)12(15)9(4)13/h5,9,14H,1-4H3. The van der Waals surface area contributed by atoms with E-state index in [-0.39, 0.29) is 11.5 Å². The lowest BCUT2D eigenvalue weighted by molar-refractivity contribution is 0.0990. The molecule has 1 atom stereocenters. The molecule has 1 aromatic rings. The summed E-state index contributed by atoms with van der Waals surface area (Å²) in [6.07, 6.45) is 0. The van der Waals surface area contributed by atoms with Gasteiger partial charge in [0.1, 0.15) is 5.75 Å². The first-order valence-electron chi connectivity index (χ1n) is 4.84. The zero-order chi connectivity index (χ0) is 11.7. The summed E-state index contributed by atoms with van der Waals surface area (Å²) in [6.45, 7) is 7.08. The van der Waals surface area contributed by atoms with Crippen molar-refractivity contribution in [2.45, 2.75) is 33.1 Å². The smallest absolute Gasteiger partial charge is 0.180 e. The normalized spacial score (nSPS) is 12.6. The molecule has 0 aliphatic carbocycles. The Balaban J connectivity index is 3.43. The zero-order valence-electron chi connectivity index (χ0n) is 9.39. The topological polar surface area (TPSA) is 37.3 Å². The molecule has 0 aromatic heterocycles. The van der Waals surface area contributed by atoms with Crippen LogP contribution in [0, 0.1) is 20.8 Å². The van der Waals surface area contributed by atoms with Crippen LogP contribution in [-0.2, 0) is 0 Å². The van der Waals surface area contributed by atoms with E-state index in [4.69, 9.17) is 11.6 Å². The number of rotatable bonds is 2. The van der Waals surface area contributed by atoms with Crippen LogP contribution in [0.4, 0.5) is 0 Å². The molecule has 0 saturated heterocycles. The molecule has 0 saturated carbocycles.